The molecule has 2 heterocycles. The van der Waals surface area contributed by atoms with Crippen LogP contribution in [0.15, 0.2) is 65.9 Å². The lowest BCUT2D eigenvalue weighted by Crippen LogP contribution is -2.38. The van der Waals surface area contributed by atoms with E-state index in [1.807, 2.05) is 44.2 Å². The van der Waals surface area contributed by atoms with Crippen LogP contribution in [0, 0.1) is 12.7 Å². The minimum atomic E-state index is -0.886. The number of aliphatic hydroxyl groups is 1. The maximum Gasteiger partial charge on any atom is 0.290 e. The first-order chi connectivity index (χ1) is 16.8. The molecular weight excluding hydrogens is 465 g/mol. The Bertz CT molecular complexity index is 1270. The molecule has 1 aliphatic rings. The Morgan fingerprint density at radius 3 is 2.51 bits per heavy atom. The number of halogens is 1. The smallest absolute Gasteiger partial charge is 0.290 e. The molecule has 3 aromatic rings. The minimum Gasteiger partial charge on any atom is -0.503 e. The van der Waals surface area contributed by atoms with E-state index in [9.17, 15) is 19.1 Å². The van der Waals surface area contributed by atoms with Crippen LogP contribution in [0.2, 0.25) is 0 Å². The maximum atomic E-state index is 14.2. The summed E-state index contributed by atoms with van der Waals surface area (Å²) in [4.78, 5) is 35.5. The molecule has 0 radical (unpaired) electrons. The third-order valence-corrected chi connectivity index (χ3v) is 7.49. The Balaban J connectivity index is 1.75. The van der Waals surface area contributed by atoms with Crippen LogP contribution < -0.4 is 0 Å². The summed E-state index contributed by atoms with van der Waals surface area (Å²) in [6, 6.07) is 14.5. The van der Waals surface area contributed by atoms with Gasteiger partial charge in [0.05, 0.1) is 22.2 Å². The van der Waals surface area contributed by atoms with Crippen molar-refractivity contribution in [2.24, 2.45) is 0 Å². The quantitative estimate of drug-likeness (QED) is 0.416. The van der Waals surface area contributed by atoms with E-state index in [4.69, 9.17) is 0 Å². The van der Waals surface area contributed by atoms with E-state index in [-0.39, 0.29) is 5.57 Å². The number of ketones is 1. The van der Waals surface area contributed by atoms with E-state index in [0.29, 0.717) is 34.2 Å². The third kappa shape index (κ3) is 4.90. The normalized spacial score (nSPS) is 16.0. The van der Waals surface area contributed by atoms with Crippen LogP contribution in [-0.2, 0) is 4.79 Å². The van der Waals surface area contributed by atoms with Gasteiger partial charge in [0.2, 0.25) is 5.78 Å². The van der Waals surface area contributed by atoms with Gasteiger partial charge in [-0.2, -0.15) is 0 Å². The fraction of sp³-hybridized carbons (Fsp3) is 0.296. The zero-order valence-corrected chi connectivity index (χ0v) is 20.8. The number of likely N-dealkylation sites (N-methyl/N-ethyl adjacent to an activating group) is 1. The van der Waals surface area contributed by atoms with E-state index in [0.717, 1.165) is 18.7 Å². The van der Waals surface area contributed by atoms with E-state index >= 15 is 0 Å². The van der Waals surface area contributed by atoms with Crippen LogP contribution >= 0.6 is 11.3 Å². The number of nitrogens with zero attached hydrogens (tertiary/aromatic N) is 3. The highest BCUT2D eigenvalue weighted by Gasteiger charge is 2.44. The molecule has 1 aromatic heterocycles. The molecule has 0 aliphatic carbocycles. The minimum absolute atomic E-state index is 0.0356. The predicted octanol–water partition coefficient (Wildman–Crippen LogP) is 5.18. The van der Waals surface area contributed by atoms with Crippen molar-refractivity contribution in [1.29, 1.82) is 0 Å². The zero-order valence-electron chi connectivity index (χ0n) is 20.0. The Kier molecular flexibility index (Phi) is 7.42. The Labute approximate surface area is 208 Å². The molecule has 0 bridgehead atoms. The van der Waals surface area contributed by atoms with Crippen molar-refractivity contribution in [3.8, 4) is 10.6 Å². The Morgan fingerprint density at radius 2 is 1.86 bits per heavy atom. The second kappa shape index (κ2) is 10.5. The van der Waals surface area contributed by atoms with Crippen LogP contribution in [0.1, 0.15) is 40.8 Å². The second-order valence-electron chi connectivity index (χ2n) is 8.37. The van der Waals surface area contributed by atoms with Gasteiger partial charge in [-0.3, -0.25) is 9.59 Å². The van der Waals surface area contributed by atoms with Gasteiger partial charge in [0, 0.05) is 18.7 Å². The molecule has 8 heteroatoms. The van der Waals surface area contributed by atoms with E-state index in [2.05, 4.69) is 9.88 Å². The molecule has 1 aliphatic heterocycles. The van der Waals surface area contributed by atoms with Crippen molar-refractivity contribution in [2.75, 3.05) is 26.2 Å². The first-order valence-corrected chi connectivity index (χ1v) is 12.5. The van der Waals surface area contributed by atoms with E-state index < -0.39 is 29.3 Å². The molecule has 0 spiro atoms. The lowest BCUT2D eigenvalue weighted by molar-refractivity contribution is -0.129. The van der Waals surface area contributed by atoms with Crippen LogP contribution in [0.3, 0.4) is 0 Å². The number of benzene rings is 2. The number of Topliss-reactive ketones (excluding diaryl/α,β-unsaturated/α-hetero) is 1. The maximum absolute atomic E-state index is 14.2. The molecule has 0 saturated heterocycles. The average Bonchev–Trinajstić information content (AvgIpc) is 3.37. The van der Waals surface area contributed by atoms with Crippen molar-refractivity contribution in [3.05, 3.63) is 87.9 Å². The van der Waals surface area contributed by atoms with Crippen LogP contribution in [0.4, 0.5) is 4.39 Å². The fourth-order valence-corrected chi connectivity index (χ4v) is 5.39. The average molecular weight is 494 g/mol. The number of aliphatic hydroxyl groups excluding tert-OH is 1. The molecule has 1 N–H and O–H groups in total. The topological polar surface area (TPSA) is 73.7 Å². The molecule has 0 saturated carbocycles. The molecular formula is C27H28FN3O3S. The van der Waals surface area contributed by atoms with Gasteiger partial charge in [0.1, 0.15) is 10.8 Å². The summed E-state index contributed by atoms with van der Waals surface area (Å²) >= 11 is 1.22. The zero-order chi connectivity index (χ0) is 25.1. The van der Waals surface area contributed by atoms with Gasteiger partial charge in [0.15, 0.2) is 5.76 Å². The number of hydrogen-bond donors (Lipinski definition) is 1. The number of hydrogen-bond acceptors (Lipinski definition) is 6. The summed E-state index contributed by atoms with van der Waals surface area (Å²) in [5.41, 5.74) is 1.80. The van der Waals surface area contributed by atoms with Gasteiger partial charge in [-0.05, 0) is 37.7 Å². The van der Waals surface area contributed by atoms with Crippen LogP contribution in [0.25, 0.3) is 10.6 Å². The largest absolute Gasteiger partial charge is 0.503 e. The lowest BCUT2D eigenvalue weighted by atomic mass is 9.95. The van der Waals surface area contributed by atoms with Crippen molar-refractivity contribution in [1.82, 2.24) is 14.8 Å². The number of carbonyl (C=O) groups is 2. The van der Waals surface area contributed by atoms with Crippen LogP contribution in [-0.4, -0.2) is 57.8 Å². The van der Waals surface area contributed by atoms with E-state index in [1.165, 1.54) is 28.4 Å². The summed E-state index contributed by atoms with van der Waals surface area (Å²) < 4.78 is 14.2. The van der Waals surface area contributed by atoms with Crippen molar-refractivity contribution in [2.45, 2.75) is 26.8 Å². The highest BCUT2D eigenvalue weighted by atomic mass is 32.1. The Hall–Kier alpha value is -3.36. The summed E-state index contributed by atoms with van der Waals surface area (Å²) in [7, 11) is 0. The Morgan fingerprint density at radius 1 is 1.14 bits per heavy atom. The molecule has 0 fully saturated rings. The molecule has 35 heavy (non-hydrogen) atoms. The molecule has 6 nitrogen and oxygen atoms in total. The van der Waals surface area contributed by atoms with Gasteiger partial charge in [-0.25, -0.2) is 9.37 Å². The lowest BCUT2D eigenvalue weighted by Gasteiger charge is -2.29. The number of rotatable bonds is 9. The third-order valence-electron chi connectivity index (χ3n) is 6.29. The number of thiazole rings is 1. The summed E-state index contributed by atoms with van der Waals surface area (Å²) in [6.07, 6.45) is 0. The molecule has 4 rings (SSSR count). The standard InChI is InChI=1S/C27H28FN3O3S/c1-4-30(5-2)14-15-31-22(19-12-9-13-20(28)16-19)21(24(33)27(31)34)23(32)25-17(3)29-26(35-25)18-10-7-6-8-11-18/h6-13,16,22,33H,4-5,14-15H2,1-3H3. The van der Waals surface area contributed by atoms with Crippen molar-refractivity contribution in [3.63, 3.8) is 0 Å². The second-order valence-corrected chi connectivity index (χ2v) is 9.37. The fourth-order valence-electron chi connectivity index (χ4n) is 4.36. The molecule has 182 valence electrons. The highest BCUT2D eigenvalue weighted by molar-refractivity contribution is 7.17. The van der Waals surface area contributed by atoms with Gasteiger partial charge < -0.3 is 14.9 Å². The van der Waals surface area contributed by atoms with Crippen molar-refractivity contribution >= 4 is 23.0 Å². The number of aromatic nitrogens is 1. The van der Waals surface area contributed by atoms with Gasteiger partial charge in [-0.1, -0.05) is 56.3 Å². The highest BCUT2D eigenvalue weighted by Crippen LogP contribution is 2.41. The number of aryl methyl sites for hydroxylation is 1. The number of carbonyl (C=O) groups excluding carboxylic acids is 2. The SMILES string of the molecule is CCN(CC)CCN1C(=O)C(O)=C(C(=O)c2sc(-c3ccccc3)nc2C)C1c1cccc(F)c1. The summed E-state index contributed by atoms with van der Waals surface area (Å²) in [6.45, 7) is 8.26. The molecule has 1 amide bonds. The van der Waals surface area contributed by atoms with Gasteiger partial charge in [0.25, 0.3) is 5.91 Å². The van der Waals surface area contributed by atoms with Crippen LogP contribution in [0.5, 0.6) is 0 Å². The van der Waals surface area contributed by atoms with Gasteiger partial charge >= 0.3 is 0 Å². The van der Waals surface area contributed by atoms with Crippen molar-refractivity contribution < 1.29 is 19.1 Å². The summed E-state index contributed by atoms with van der Waals surface area (Å²) in [5.74, 6) is -2.15. The molecule has 2 aromatic carbocycles. The van der Waals surface area contributed by atoms with E-state index in [1.54, 1.807) is 19.1 Å². The number of amides is 1. The monoisotopic (exact) mass is 493 g/mol. The first-order valence-electron chi connectivity index (χ1n) is 11.6. The molecule has 1 unspecified atom stereocenters. The summed E-state index contributed by atoms with van der Waals surface area (Å²) in [5, 5.41) is 11.6. The first kappa shape index (κ1) is 24.8. The predicted molar refractivity (Wildman–Crippen MR) is 135 cm³/mol. The molecule has 1 atom stereocenters. The van der Waals surface area contributed by atoms with Gasteiger partial charge in [-0.15, -0.1) is 11.3 Å².